The smallest absolute Gasteiger partial charge is 0.243 e. The third kappa shape index (κ3) is 6.50. The van der Waals surface area contributed by atoms with Crippen molar-refractivity contribution in [2.75, 3.05) is 26.0 Å². The van der Waals surface area contributed by atoms with E-state index in [9.17, 15) is 18.0 Å². The minimum atomic E-state index is -3.86. The molecule has 3 aromatic rings. The van der Waals surface area contributed by atoms with Crippen molar-refractivity contribution in [3.05, 3.63) is 78.1 Å². The lowest BCUT2D eigenvalue weighted by atomic mass is 10.2. The fourth-order valence-electron chi connectivity index (χ4n) is 3.20. The highest BCUT2D eigenvalue weighted by molar-refractivity contribution is 7.89. The number of anilines is 1. The van der Waals surface area contributed by atoms with Crippen LogP contribution in [0.3, 0.4) is 0 Å². The molecule has 0 saturated heterocycles. The van der Waals surface area contributed by atoms with Gasteiger partial charge in [0.05, 0.1) is 24.2 Å². The first-order chi connectivity index (χ1) is 15.6. The predicted octanol–water partition coefficient (Wildman–Crippen LogP) is 2.17. The molecule has 0 fully saturated rings. The van der Waals surface area contributed by atoms with Crippen molar-refractivity contribution in [3.63, 3.8) is 0 Å². The number of likely N-dealkylation sites (N-methyl/N-ethyl adjacent to an activating group) is 2. The molecular formula is C23H27N5O4S. The molecule has 2 aromatic carbocycles. The number of rotatable bonds is 9. The molecule has 33 heavy (non-hydrogen) atoms. The summed E-state index contributed by atoms with van der Waals surface area (Å²) >= 11 is 0. The maximum atomic E-state index is 12.8. The zero-order chi connectivity index (χ0) is 24.0. The lowest BCUT2D eigenvalue weighted by molar-refractivity contribution is -0.130. The topological polar surface area (TPSA) is 105 Å². The molecule has 0 saturated carbocycles. The van der Waals surface area contributed by atoms with E-state index < -0.39 is 10.0 Å². The average Bonchev–Trinajstić information content (AvgIpc) is 3.20. The van der Waals surface area contributed by atoms with Gasteiger partial charge in [-0.15, -0.1) is 0 Å². The second-order valence-electron chi connectivity index (χ2n) is 7.75. The molecule has 0 aliphatic carbocycles. The van der Waals surface area contributed by atoms with Gasteiger partial charge in [0.2, 0.25) is 21.8 Å². The second kappa shape index (κ2) is 10.4. The molecule has 1 N–H and O–H groups in total. The standard InChI is InChI=1S/C23H27N5O4S/c1-18(29)25-21-9-11-22(12-10-21)33(31,32)27(3)17-23(30)26(2)14-20-13-24-28(16-20)15-19-7-5-4-6-8-19/h4-13,16H,14-15,17H2,1-3H3,(H,25,29). The van der Waals surface area contributed by atoms with Crippen LogP contribution < -0.4 is 5.32 Å². The monoisotopic (exact) mass is 469 g/mol. The lowest BCUT2D eigenvalue weighted by Crippen LogP contribution is -2.39. The molecule has 3 rings (SSSR count). The van der Waals surface area contributed by atoms with E-state index in [0.717, 1.165) is 15.4 Å². The number of carbonyl (C=O) groups is 2. The molecule has 0 radical (unpaired) electrons. The van der Waals surface area contributed by atoms with Gasteiger partial charge >= 0.3 is 0 Å². The van der Waals surface area contributed by atoms with Gasteiger partial charge in [0, 0.05) is 45.0 Å². The number of hydrogen-bond acceptors (Lipinski definition) is 5. The van der Waals surface area contributed by atoms with Crippen molar-refractivity contribution in [2.24, 2.45) is 0 Å². The Morgan fingerprint density at radius 3 is 2.30 bits per heavy atom. The Hall–Kier alpha value is -3.50. The highest BCUT2D eigenvalue weighted by Crippen LogP contribution is 2.18. The molecule has 0 spiro atoms. The Morgan fingerprint density at radius 2 is 1.67 bits per heavy atom. The first-order valence-electron chi connectivity index (χ1n) is 10.3. The van der Waals surface area contributed by atoms with Crippen LogP contribution in [0.2, 0.25) is 0 Å². The number of aromatic nitrogens is 2. The van der Waals surface area contributed by atoms with E-state index in [1.54, 1.807) is 17.9 Å². The fraction of sp³-hybridized carbons (Fsp3) is 0.261. The van der Waals surface area contributed by atoms with E-state index in [0.29, 0.717) is 18.8 Å². The highest BCUT2D eigenvalue weighted by Gasteiger charge is 2.24. The average molecular weight is 470 g/mol. The van der Waals surface area contributed by atoms with Gasteiger partial charge in [0.1, 0.15) is 0 Å². The van der Waals surface area contributed by atoms with Crippen LogP contribution in [0.25, 0.3) is 0 Å². The Balaban J connectivity index is 1.58. The van der Waals surface area contributed by atoms with Crippen molar-refractivity contribution in [1.82, 2.24) is 19.0 Å². The summed E-state index contributed by atoms with van der Waals surface area (Å²) in [7, 11) is -0.873. The van der Waals surface area contributed by atoms with Gasteiger partial charge in [-0.25, -0.2) is 8.42 Å². The largest absolute Gasteiger partial charge is 0.340 e. The maximum absolute atomic E-state index is 12.8. The third-order valence-corrected chi connectivity index (χ3v) is 6.78. The first kappa shape index (κ1) is 24.1. The van der Waals surface area contributed by atoms with Crippen LogP contribution in [0.4, 0.5) is 5.69 Å². The van der Waals surface area contributed by atoms with Crippen molar-refractivity contribution in [3.8, 4) is 0 Å². The normalized spacial score (nSPS) is 11.4. The number of nitrogens with zero attached hydrogens (tertiary/aromatic N) is 4. The number of hydrogen-bond donors (Lipinski definition) is 1. The molecule has 0 atom stereocenters. The van der Waals surface area contributed by atoms with Crippen LogP contribution in [0.1, 0.15) is 18.1 Å². The zero-order valence-corrected chi connectivity index (χ0v) is 19.6. The lowest BCUT2D eigenvalue weighted by Gasteiger charge is -2.21. The molecule has 9 nitrogen and oxygen atoms in total. The second-order valence-corrected chi connectivity index (χ2v) is 9.79. The molecule has 174 valence electrons. The van der Waals surface area contributed by atoms with E-state index in [-0.39, 0.29) is 23.3 Å². The van der Waals surface area contributed by atoms with E-state index in [2.05, 4.69) is 10.4 Å². The Labute approximate surface area is 193 Å². The molecule has 1 aromatic heterocycles. The number of sulfonamides is 1. The van der Waals surface area contributed by atoms with Gasteiger partial charge in [-0.3, -0.25) is 14.3 Å². The van der Waals surface area contributed by atoms with Gasteiger partial charge in [-0.2, -0.15) is 9.40 Å². The van der Waals surface area contributed by atoms with Crippen molar-refractivity contribution in [2.45, 2.75) is 24.9 Å². The van der Waals surface area contributed by atoms with E-state index >= 15 is 0 Å². The minimum Gasteiger partial charge on any atom is -0.340 e. The van der Waals surface area contributed by atoms with Gasteiger partial charge in [0.15, 0.2) is 0 Å². The van der Waals surface area contributed by atoms with Crippen LogP contribution >= 0.6 is 0 Å². The summed E-state index contributed by atoms with van der Waals surface area (Å²) in [5.41, 5.74) is 2.46. The van der Waals surface area contributed by atoms with Crippen LogP contribution in [0, 0.1) is 0 Å². The summed E-state index contributed by atoms with van der Waals surface area (Å²) in [5, 5.41) is 6.92. The third-order valence-electron chi connectivity index (χ3n) is 4.96. The molecule has 0 aliphatic heterocycles. The Kier molecular flexibility index (Phi) is 7.62. The molecule has 0 aliphatic rings. The van der Waals surface area contributed by atoms with Crippen LogP contribution in [0.15, 0.2) is 71.9 Å². The molecule has 1 heterocycles. The first-order valence-corrected chi connectivity index (χ1v) is 11.7. The Morgan fingerprint density at radius 1 is 1.00 bits per heavy atom. The van der Waals surface area contributed by atoms with Crippen molar-refractivity contribution >= 4 is 27.5 Å². The summed E-state index contributed by atoms with van der Waals surface area (Å²) in [5.74, 6) is -0.589. The summed E-state index contributed by atoms with van der Waals surface area (Å²) in [4.78, 5) is 25.3. The fourth-order valence-corrected chi connectivity index (χ4v) is 4.32. The molecule has 0 bridgehead atoms. The molecule has 10 heteroatoms. The summed E-state index contributed by atoms with van der Waals surface area (Å²) in [6.07, 6.45) is 3.57. The van der Waals surface area contributed by atoms with Crippen molar-refractivity contribution < 1.29 is 18.0 Å². The number of benzene rings is 2. The highest BCUT2D eigenvalue weighted by atomic mass is 32.2. The van der Waals surface area contributed by atoms with Crippen LogP contribution in [-0.2, 0) is 32.7 Å². The predicted molar refractivity (Wildman–Crippen MR) is 125 cm³/mol. The van der Waals surface area contributed by atoms with Gasteiger partial charge in [-0.1, -0.05) is 30.3 Å². The number of nitrogens with one attached hydrogen (secondary N) is 1. The summed E-state index contributed by atoms with van der Waals surface area (Å²) in [6.45, 7) is 2.01. The SMILES string of the molecule is CC(=O)Nc1ccc(S(=O)(=O)N(C)CC(=O)N(C)Cc2cnn(Cc3ccccc3)c2)cc1. The van der Waals surface area contributed by atoms with Crippen LogP contribution in [-0.4, -0.2) is 59.9 Å². The summed E-state index contributed by atoms with van der Waals surface area (Å²) in [6, 6.07) is 15.7. The zero-order valence-electron chi connectivity index (χ0n) is 18.8. The minimum absolute atomic E-state index is 0.0387. The van der Waals surface area contributed by atoms with Gasteiger partial charge in [0.25, 0.3) is 0 Å². The van der Waals surface area contributed by atoms with E-state index in [1.807, 2.05) is 36.5 Å². The molecule has 2 amide bonds. The number of amides is 2. The van der Waals surface area contributed by atoms with Gasteiger partial charge < -0.3 is 10.2 Å². The summed E-state index contributed by atoms with van der Waals surface area (Å²) < 4.78 is 28.4. The van der Waals surface area contributed by atoms with Gasteiger partial charge in [-0.05, 0) is 29.8 Å². The van der Waals surface area contributed by atoms with E-state index in [1.165, 1.54) is 43.1 Å². The van der Waals surface area contributed by atoms with E-state index in [4.69, 9.17) is 0 Å². The quantitative estimate of drug-likeness (QED) is 0.517. The Bertz CT molecular complexity index is 1210. The molecular weight excluding hydrogens is 442 g/mol. The van der Waals surface area contributed by atoms with Crippen LogP contribution in [0.5, 0.6) is 0 Å². The molecule has 0 unspecified atom stereocenters. The number of carbonyl (C=O) groups excluding carboxylic acids is 2. The van der Waals surface area contributed by atoms with Crippen molar-refractivity contribution in [1.29, 1.82) is 0 Å². The maximum Gasteiger partial charge on any atom is 0.243 e.